The zero-order valence-electron chi connectivity index (χ0n) is 8.95. The molecule has 0 spiro atoms. The van der Waals surface area contributed by atoms with Crippen LogP contribution in [0.25, 0.3) is 0 Å². The molecule has 0 bridgehead atoms. The molecule has 5 nitrogen and oxygen atoms in total. The first-order valence-corrected chi connectivity index (χ1v) is 4.88. The molecule has 0 aliphatic carbocycles. The van der Waals surface area contributed by atoms with E-state index in [0.717, 1.165) is 6.42 Å². The molecule has 0 aromatic rings. The molecule has 1 amide bonds. The Morgan fingerprint density at radius 1 is 1.47 bits per heavy atom. The molecule has 1 atom stereocenters. The first kappa shape index (κ1) is 13.6. The molecule has 0 saturated carbocycles. The van der Waals surface area contributed by atoms with E-state index in [2.05, 4.69) is 11.9 Å². The van der Waals surface area contributed by atoms with Gasteiger partial charge >= 0.3 is 5.97 Å². The summed E-state index contributed by atoms with van der Waals surface area (Å²) in [5, 5.41) is 11.2. The van der Waals surface area contributed by atoms with Crippen LogP contribution < -0.4 is 11.1 Å². The first-order valence-electron chi connectivity index (χ1n) is 4.88. The Labute approximate surface area is 89.3 Å². The van der Waals surface area contributed by atoms with Gasteiger partial charge in [0.25, 0.3) is 0 Å². The van der Waals surface area contributed by atoms with Gasteiger partial charge in [-0.1, -0.05) is 6.58 Å². The summed E-state index contributed by atoms with van der Waals surface area (Å²) in [5.41, 5.74) is 5.60. The lowest BCUT2D eigenvalue weighted by atomic mass is 10.1. The Bertz CT molecular complexity index is 251. The number of hydrogen-bond donors (Lipinski definition) is 3. The van der Waals surface area contributed by atoms with E-state index in [9.17, 15) is 9.59 Å². The quantitative estimate of drug-likeness (QED) is 0.418. The van der Waals surface area contributed by atoms with Crippen molar-refractivity contribution < 1.29 is 14.7 Å². The minimum absolute atomic E-state index is 0.306. The number of carboxylic acids is 1. The van der Waals surface area contributed by atoms with Crippen molar-refractivity contribution in [3.63, 3.8) is 0 Å². The average molecular weight is 214 g/mol. The zero-order chi connectivity index (χ0) is 11.8. The van der Waals surface area contributed by atoms with Gasteiger partial charge in [0.1, 0.15) is 6.04 Å². The number of nitrogens with one attached hydrogen (secondary N) is 1. The molecule has 4 N–H and O–H groups in total. The standard InChI is InChI=1S/C10H18N2O3/c1-7(2)9(13)12-8(10(14)15)5-3-4-6-11/h8H,1,3-6,11H2,2H3,(H,12,13)(H,14,15). The predicted octanol–water partition coefficient (Wildman–Crippen LogP) is 0.261. The third kappa shape index (κ3) is 5.85. The number of aliphatic carboxylic acids is 1. The van der Waals surface area contributed by atoms with Crippen LogP contribution in [0.3, 0.4) is 0 Å². The molecule has 0 aliphatic rings. The number of unbranched alkanes of at least 4 members (excludes halogenated alkanes) is 1. The molecular formula is C10H18N2O3. The molecule has 0 rings (SSSR count). The number of rotatable bonds is 7. The Balaban J connectivity index is 4.10. The van der Waals surface area contributed by atoms with E-state index in [1.807, 2.05) is 0 Å². The fraction of sp³-hybridized carbons (Fsp3) is 0.600. The molecule has 0 fully saturated rings. The van der Waals surface area contributed by atoms with E-state index in [1.165, 1.54) is 6.92 Å². The number of nitrogens with two attached hydrogens (primary N) is 1. The Morgan fingerprint density at radius 3 is 2.47 bits per heavy atom. The maximum Gasteiger partial charge on any atom is 0.326 e. The highest BCUT2D eigenvalue weighted by Gasteiger charge is 2.19. The number of carbonyl (C=O) groups is 2. The summed E-state index contributed by atoms with van der Waals surface area (Å²) < 4.78 is 0. The zero-order valence-corrected chi connectivity index (χ0v) is 8.95. The largest absolute Gasteiger partial charge is 0.480 e. The lowest BCUT2D eigenvalue weighted by Crippen LogP contribution is -2.41. The summed E-state index contributed by atoms with van der Waals surface area (Å²) >= 11 is 0. The molecule has 1 unspecified atom stereocenters. The maximum atomic E-state index is 11.2. The van der Waals surface area contributed by atoms with Gasteiger partial charge in [-0.2, -0.15) is 0 Å². The van der Waals surface area contributed by atoms with E-state index in [0.29, 0.717) is 25.0 Å². The van der Waals surface area contributed by atoms with Crippen LogP contribution in [-0.2, 0) is 9.59 Å². The van der Waals surface area contributed by atoms with Gasteiger partial charge in [0.2, 0.25) is 5.91 Å². The summed E-state index contributed by atoms with van der Waals surface area (Å²) in [6.45, 7) is 5.50. The number of carboxylic acid groups (broad SMARTS) is 1. The Kier molecular flexibility index (Phi) is 6.37. The van der Waals surface area contributed by atoms with Gasteiger partial charge in [0.15, 0.2) is 0 Å². The fourth-order valence-electron chi connectivity index (χ4n) is 1.03. The summed E-state index contributed by atoms with van der Waals surface area (Å²) in [7, 11) is 0. The van der Waals surface area contributed by atoms with Gasteiger partial charge < -0.3 is 16.2 Å². The lowest BCUT2D eigenvalue weighted by Gasteiger charge is -2.13. The highest BCUT2D eigenvalue weighted by Crippen LogP contribution is 2.01. The molecule has 0 saturated heterocycles. The molecular weight excluding hydrogens is 196 g/mol. The smallest absolute Gasteiger partial charge is 0.326 e. The van der Waals surface area contributed by atoms with Crippen molar-refractivity contribution in [3.05, 3.63) is 12.2 Å². The topological polar surface area (TPSA) is 92.4 Å². The normalized spacial score (nSPS) is 11.9. The van der Waals surface area contributed by atoms with Crippen LogP contribution >= 0.6 is 0 Å². The van der Waals surface area contributed by atoms with Crippen LogP contribution in [0.2, 0.25) is 0 Å². The van der Waals surface area contributed by atoms with Crippen LogP contribution in [0.1, 0.15) is 26.2 Å². The molecule has 0 aromatic heterocycles. The molecule has 5 heteroatoms. The van der Waals surface area contributed by atoms with Crippen LogP contribution in [0.15, 0.2) is 12.2 Å². The van der Waals surface area contributed by atoms with Crippen molar-refractivity contribution in [1.29, 1.82) is 0 Å². The van der Waals surface area contributed by atoms with Gasteiger partial charge in [-0.15, -0.1) is 0 Å². The average Bonchev–Trinajstić information content (AvgIpc) is 2.15. The molecule has 15 heavy (non-hydrogen) atoms. The minimum atomic E-state index is -1.03. The minimum Gasteiger partial charge on any atom is -0.480 e. The van der Waals surface area contributed by atoms with Crippen molar-refractivity contribution in [2.75, 3.05) is 6.54 Å². The van der Waals surface area contributed by atoms with Crippen molar-refractivity contribution in [3.8, 4) is 0 Å². The van der Waals surface area contributed by atoms with Crippen molar-refractivity contribution in [2.45, 2.75) is 32.2 Å². The molecule has 0 radical (unpaired) electrons. The molecule has 0 heterocycles. The monoisotopic (exact) mass is 214 g/mol. The van der Waals surface area contributed by atoms with E-state index >= 15 is 0 Å². The summed E-state index contributed by atoms with van der Waals surface area (Å²) in [4.78, 5) is 22.0. The highest BCUT2D eigenvalue weighted by atomic mass is 16.4. The fourth-order valence-corrected chi connectivity index (χ4v) is 1.03. The number of amides is 1. The predicted molar refractivity (Wildman–Crippen MR) is 57.3 cm³/mol. The Morgan fingerprint density at radius 2 is 2.07 bits per heavy atom. The SMILES string of the molecule is C=C(C)C(=O)NC(CCCCN)C(=O)O. The van der Waals surface area contributed by atoms with E-state index in [4.69, 9.17) is 10.8 Å². The van der Waals surface area contributed by atoms with E-state index < -0.39 is 17.9 Å². The lowest BCUT2D eigenvalue weighted by molar-refractivity contribution is -0.141. The van der Waals surface area contributed by atoms with Gasteiger partial charge in [-0.05, 0) is 32.7 Å². The van der Waals surface area contributed by atoms with Crippen molar-refractivity contribution in [1.82, 2.24) is 5.32 Å². The van der Waals surface area contributed by atoms with Crippen molar-refractivity contribution >= 4 is 11.9 Å². The third-order valence-corrected chi connectivity index (χ3v) is 1.94. The van der Waals surface area contributed by atoms with Gasteiger partial charge in [-0.25, -0.2) is 4.79 Å². The molecule has 86 valence electrons. The van der Waals surface area contributed by atoms with Crippen LogP contribution in [0, 0.1) is 0 Å². The van der Waals surface area contributed by atoms with Crippen LogP contribution in [-0.4, -0.2) is 29.6 Å². The molecule has 0 aliphatic heterocycles. The second kappa shape index (κ2) is 7.00. The van der Waals surface area contributed by atoms with Gasteiger partial charge in [0, 0.05) is 5.57 Å². The Hall–Kier alpha value is -1.36. The number of carbonyl (C=O) groups excluding carboxylic acids is 1. The summed E-state index contributed by atoms with van der Waals surface area (Å²) in [5.74, 6) is -1.45. The number of hydrogen-bond acceptors (Lipinski definition) is 3. The van der Waals surface area contributed by atoms with Gasteiger partial charge in [0.05, 0.1) is 0 Å². The summed E-state index contributed by atoms with van der Waals surface area (Å²) in [6, 6.07) is -0.847. The van der Waals surface area contributed by atoms with Gasteiger partial charge in [-0.3, -0.25) is 4.79 Å². The molecule has 0 aromatic carbocycles. The van der Waals surface area contributed by atoms with Crippen molar-refractivity contribution in [2.24, 2.45) is 5.73 Å². The second-order valence-electron chi connectivity index (χ2n) is 3.43. The van der Waals surface area contributed by atoms with Crippen LogP contribution in [0.4, 0.5) is 0 Å². The third-order valence-electron chi connectivity index (χ3n) is 1.94. The first-order chi connectivity index (χ1) is 6.99. The van der Waals surface area contributed by atoms with Crippen LogP contribution in [0.5, 0.6) is 0 Å². The highest BCUT2D eigenvalue weighted by molar-refractivity contribution is 5.94. The summed E-state index contributed by atoms with van der Waals surface area (Å²) in [6.07, 6.45) is 1.84. The second-order valence-corrected chi connectivity index (χ2v) is 3.43. The van der Waals surface area contributed by atoms with E-state index in [1.54, 1.807) is 0 Å². The maximum absolute atomic E-state index is 11.2. The van der Waals surface area contributed by atoms with E-state index in [-0.39, 0.29) is 0 Å².